The molecule has 0 heterocycles. The van der Waals surface area contributed by atoms with E-state index in [0.717, 1.165) is 18.4 Å². The van der Waals surface area contributed by atoms with Crippen LogP contribution in [0.25, 0.3) is 0 Å². The van der Waals surface area contributed by atoms with Crippen molar-refractivity contribution in [1.82, 2.24) is 5.32 Å². The Hall–Kier alpha value is -1.13. The van der Waals surface area contributed by atoms with E-state index in [9.17, 15) is 9.50 Å². The van der Waals surface area contributed by atoms with E-state index in [2.05, 4.69) is 5.32 Å². The van der Waals surface area contributed by atoms with E-state index in [1.54, 1.807) is 6.07 Å². The minimum atomic E-state index is -0.327. The number of aliphatic hydroxyl groups excluding tert-OH is 1. The van der Waals surface area contributed by atoms with Crippen LogP contribution in [0.1, 0.15) is 37.7 Å². The van der Waals surface area contributed by atoms with Crippen LogP contribution in [0.3, 0.4) is 0 Å². The number of benzene rings is 1. The van der Waals surface area contributed by atoms with Gasteiger partial charge in [0.25, 0.3) is 0 Å². The number of methoxy groups -OCH3 is 1. The maximum atomic E-state index is 13.6. The second-order valence-electron chi connectivity index (χ2n) is 5.54. The van der Waals surface area contributed by atoms with Gasteiger partial charge in [0.1, 0.15) is 0 Å². The monoisotopic (exact) mass is 281 g/mol. The van der Waals surface area contributed by atoms with Crippen molar-refractivity contribution < 1.29 is 14.2 Å². The Morgan fingerprint density at radius 3 is 2.80 bits per heavy atom. The number of rotatable bonds is 5. The second-order valence-corrected chi connectivity index (χ2v) is 5.54. The third-order valence-corrected chi connectivity index (χ3v) is 4.18. The van der Waals surface area contributed by atoms with E-state index in [1.165, 1.54) is 32.4 Å². The van der Waals surface area contributed by atoms with Crippen molar-refractivity contribution in [3.63, 3.8) is 0 Å². The highest BCUT2D eigenvalue weighted by atomic mass is 19.1. The largest absolute Gasteiger partial charge is 0.494 e. The summed E-state index contributed by atoms with van der Waals surface area (Å²) in [5.74, 6) is 0.267. The quantitative estimate of drug-likeness (QED) is 0.815. The molecule has 0 radical (unpaired) electrons. The highest BCUT2D eigenvalue weighted by Gasteiger charge is 2.22. The molecule has 112 valence electrons. The maximum Gasteiger partial charge on any atom is 0.165 e. The van der Waals surface area contributed by atoms with Crippen LogP contribution in [0.15, 0.2) is 18.2 Å². The van der Waals surface area contributed by atoms with Crippen molar-refractivity contribution in [2.75, 3.05) is 13.7 Å². The summed E-state index contributed by atoms with van der Waals surface area (Å²) in [6.07, 6.45) is 5.80. The molecule has 0 amide bonds. The molecule has 0 aromatic heterocycles. The van der Waals surface area contributed by atoms with E-state index in [4.69, 9.17) is 4.74 Å². The number of halogens is 1. The van der Waals surface area contributed by atoms with Crippen molar-refractivity contribution in [3.05, 3.63) is 29.6 Å². The molecule has 0 bridgehead atoms. The van der Waals surface area contributed by atoms with Crippen molar-refractivity contribution in [3.8, 4) is 5.75 Å². The molecule has 0 aliphatic heterocycles. The molecule has 1 aliphatic rings. The van der Waals surface area contributed by atoms with Crippen molar-refractivity contribution in [2.24, 2.45) is 5.92 Å². The third-order valence-electron chi connectivity index (χ3n) is 4.18. The Bertz CT molecular complexity index is 425. The molecule has 1 aromatic carbocycles. The van der Waals surface area contributed by atoms with Gasteiger partial charge in [-0.2, -0.15) is 0 Å². The van der Waals surface area contributed by atoms with Gasteiger partial charge in [-0.25, -0.2) is 4.39 Å². The van der Waals surface area contributed by atoms with Crippen LogP contribution < -0.4 is 10.1 Å². The Morgan fingerprint density at radius 1 is 1.30 bits per heavy atom. The van der Waals surface area contributed by atoms with Gasteiger partial charge in [-0.1, -0.05) is 25.3 Å². The molecular weight excluding hydrogens is 257 g/mol. The van der Waals surface area contributed by atoms with Crippen LogP contribution in [0, 0.1) is 11.7 Å². The van der Waals surface area contributed by atoms with Crippen LogP contribution in [0.4, 0.5) is 4.39 Å². The van der Waals surface area contributed by atoms with Gasteiger partial charge in [0.05, 0.1) is 7.11 Å². The van der Waals surface area contributed by atoms with Crippen LogP contribution in [-0.4, -0.2) is 24.9 Å². The summed E-state index contributed by atoms with van der Waals surface area (Å²) >= 11 is 0. The van der Waals surface area contributed by atoms with Gasteiger partial charge < -0.3 is 15.2 Å². The third kappa shape index (κ3) is 3.93. The first-order chi connectivity index (χ1) is 9.74. The summed E-state index contributed by atoms with van der Waals surface area (Å²) in [5, 5.41) is 13.0. The smallest absolute Gasteiger partial charge is 0.165 e. The maximum absolute atomic E-state index is 13.6. The fourth-order valence-corrected chi connectivity index (χ4v) is 2.94. The predicted molar refractivity (Wildman–Crippen MR) is 77.2 cm³/mol. The Labute approximate surface area is 120 Å². The van der Waals surface area contributed by atoms with Gasteiger partial charge in [0.2, 0.25) is 0 Å². The molecule has 1 aromatic rings. The number of hydrogen-bond donors (Lipinski definition) is 2. The van der Waals surface area contributed by atoms with Crippen LogP contribution in [0.2, 0.25) is 0 Å². The first kappa shape index (κ1) is 15.3. The average Bonchev–Trinajstić information content (AvgIpc) is 2.70. The van der Waals surface area contributed by atoms with E-state index in [-0.39, 0.29) is 18.2 Å². The molecule has 2 rings (SSSR count). The fourth-order valence-electron chi connectivity index (χ4n) is 2.94. The summed E-state index contributed by atoms with van der Waals surface area (Å²) < 4.78 is 18.5. The summed E-state index contributed by atoms with van der Waals surface area (Å²) in [7, 11) is 1.47. The van der Waals surface area contributed by atoms with E-state index in [0.29, 0.717) is 18.5 Å². The first-order valence-electron chi connectivity index (χ1n) is 7.41. The second kappa shape index (κ2) is 7.60. The number of nitrogens with one attached hydrogen (secondary N) is 1. The van der Waals surface area contributed by atoms with E-state index < -0.39 is 0 Å². The fraction of sp³-hybridized carbons (Fsp3) is 0.625. The molecule has 1 saturated carbocycles. The molecule has 2 unspecified atom stereocenters. The summed E-state index contributed by atoms with van der Waals surface area (Å²) in [5.41, 5.74) is 0.907. The van der Waals surface area contributed by atoms with Crippen LogP contribution in [0.5, 0.6) is 5.75 Å². The molecule has 1 aliphatic carbocycles. The zero-order chi connectivity index (χ0) is 14.4. The number of hydrogen-bond acceptors (Lipinski definition) is 3. The topological polar surface area (TPSA) is 41.5 Å². The normalized spacial score (nSPS) is 23.4. The molecule has 1 fully saturated rings. The van der Waals surface area contributed by atoms with Gasteiger partial charge in [-0.05, 0) is 36.5 Å². The lowest BCUT2D eigenvalue weighted by molar-refractivity contribution is 0.181. The minimum absolute atomic E-state index is 0.231. The van der Waals surface area contributed by atoms with E-state index >= 15 is 0 Å². The molecule has 0 spiro atoms. The lowest BCUT2D eigenvalue weighted by atomic mass is 9.95. The van der Waals surface area contributed by atoms with Crippen molar-refractivity contribution >= 4 is 0 Å². The predicted octanol–water partition coefficient (Wildman–Crippen LogP) is 2.87. The molecule has 3 nitrogen and oxygen atoms in total. The Balaban J connectivity index is 1.94. The van der Waals surface area contributed by atoms with Crippen molar-refractivity contribution in [1.29, 1.82) is 0 Å². The lowest BCUT2D eigenvalue weighted by Crippen LogP contribution is -2.36. The summed E-state index contributed by atoms with van der Waals surface area (Å²) in [4.78, 5) is 0. The molecule has 20 heavy (non-hydrogen) atoms. The SMILES string of the molecule is COc1ccc(CNC2CCCCCC2CO)cc1F. The molecule has 2 N–H and O–H groups in total. The van der Waals surface area contributed by atoms with Gasteiger partial charge in [0, 0.05) is 19.2 Å². The number of ether oxygens (including phenoxy) is 1. The van der Waals surface area contributed by atoms with Crippen molar-refractivity contribution in [2.45, 2.75) is 44.7 Å². The van der Waals surface area contributed by atoms with Gasteiger partial charge >= 0.3 is 0 Å². The summed E-state index contributed by atoms with van der Waals surface area (Å²) in [6, 6.07) is 5.37. The highest BCUT2D eigenvalue weighted by molar-refractivity contribution is 5.29. The van der Waals surface area contributed by atoms with E-state index in [1.807, 2.05) is 6.07 Å². The zero-order valence-corrected chi connectivity index (χ0v) is 12.1. The molecule has 2 atom stereocenters. The van der Waals surface area contributed by atoms with Gasteiger partial charge in [-0.15, -0.1) is 0 Å². The van der Waals surface area contributed by atoms with Gasteiger partial charge in [0.15, 0.2) is 11.6 Å². The van der Waals surface area contributed by atoms with Crippen LogP contribution >= 0.6 is 0 Å². The first-order valence-corrected chi connectivity index (χ1v) is 7.41. The standard InChI is InChI=1S/C16H24FNO2/c1-20-16-8-7-12(9-14(16)17)10-18-15-6-4-2-3-5-13(15)11-19/h7-9,13,15,18-19H,2-6,10-11H2,1H3. The average molecular weight is 281 g/mol. The molecule has 0 saturated heterocycles. The Morgan fingerprint density at radius 2 is 2.10 bits per heavy atom. The molecule has 4 heteroatoms. The van der Waals surface area contributed by atoms with Crippen LogP contribution in [-0.2, 0) is 6.54 Å². The summed E-state index contributed by atoms with van der Waals surface area (Å²) in [6.45, 7) is 0.858. The Kier molecular flexibility index (Phi) is 5.80. The lowest BCUT2D eigenvalue weighted by Gasteiger charge is -2.24. The zero-order valence-electron chi connectivity index (χ0n) is 12.1. The number of aliphatic hydroxyl groups is 1. The minimum Gasteiger partial charge on any atom is -0.494 e. The molecular formula is C16H24FNO2. The highest BCUT2D eigenvalue weighted by Crippen LogP contribution is 2.24. The van der Waals surface area contributed by atoms with Gasteiger partial charge in [-0.3, -0.25) is 0 Å².